The van der Waals surface area contributed by atoms with Crippen molar-refractivity contribution in [2.24, 2.45) is 16.5 Å². The molecule has 7 amide bonds. The number of piperazine rings is 1. The first-order valence-electron chi connectivity index (χ1n) is 14.8. The Kier molecular flexibility index (Phi) is 17.6. The van der Waals surface area contributed by atoms with Gasteiger partial charge in [-0.05, 0) is 51.4 Å². The lowest BCUT2D eigenvalue weighted by molar-refractivity contribution is -0.169. The first-order valence-corrected chi connectivity index (χ1v) is 14.8. The summed E-state index contributed by atoms with van der Waals surface area (Å²) in [7, 11) is 0. The summed E-state index contributed by atoms with van der Waals surface area (Å²) < 4.78 is 0. The van der Waals surface area contributed by atoms with Crippen molar-refractivity contribution >= 4 is 47.8 Å². The van der Waals surface area contributed by atoms with Crippen molar-refractivity contribution in [3.63, 3.8) is 0 Å². The molecular formula is C26H46N10O10. The smallest absolute Gasteiger partial charge is 0.268 e. The van der Waals surface area contributed by atoms with Crippen LogP contribution in [0.2, 0.25) is 0 Å². The summed E-state index contributed by atoms with van der Waals surface area (Å²) in [4.78, 5) is 88.4. The molecule has 1 fully saturated rings. The van der Waals surface area contributed by atoms with Gasteiger partial charge in [0.15, 0.2) is 5.96 Å². The number of nitrogens with one attached hydrogen (secondary N) is 4. The third-order valence-corrected chi connectivity index (χ3v) is 6.86. The van der Waals surface area contributed by atoms with E-state index in [4.69, 9.17) is 16.7 Å². The zero-order chi connectivity index (χ0) is 34.8. The molecule has 0 aromatic heterocycles. The van der Waals surface area contributed by atoms with Crippen molar-refractivity contribution < 1.29 is 49.2 Å². The number of nitrogens with zero attached hydrogens (tertiary/aromatic N) is 4. The topological polar surface area (TPSA) is 302 Å². The number of nitrogens with two attached hydrogens (primary N) is 2. The van der Waals surface area contributed by atoms with Crippen molar-refractivity contribution in [1.82, 2.24) is 36.5 Å². The lowest BCUT2D eigenvalue weighted by Gasteiger charge is -2.30. The van der Waals surface area contributed by atoms with Crippen LogP contribution in [0.4, 0.5) is 0 Å². The molecule has 4 atom stereocenters. The number of carbonyl (C=O) groups is 7. The second-order valence-corrected chi connectivity index (χ2v) is 10.7. The van der Waals surface area contributed by atoms with Gasteiger partial charge in [0.05, 0.1) is 0 Å². The fourth-order valence-corrected chi connectivity index (χ4v) is 4.48. The van der Waals surface area contributed by atoms with Crippen LogP contribution in [0, 0.1) is 0 Å². The molecule has 0 bridgehead atoms. The quantitative estimate of drug-likeness (QED) is 0.0146. The summed E-state index contributed by atoms with van der Waals surface area (Å²) in [5, 5.41) is 40.7. The van der Waals surface area contributed by atoms with Gasteiger partial charge in [0.1, 0.15) is 24.2 Å². The third kappa shape index (κ3) is 14.9. The summed E-state index contributed by atoms with van der Waals surface area (Å²) in [6.07, 6.45) is 1.21. The SMILES string of the molecule is CC(=O)NC(CCCN(O)C(C)=O)C(=O)NC(CCCN=C(N)N)C(=O)N(O)CCCC1NC(=O)C(CCCN(O)C=O)NC1=O. The van der Waals surface area contributed by atoms with E-state index in [1.54, 1.807) is 0 Å². The summed E-state index contributed by atoms with van der Waals surface area (Å²) >= 11 is 0. The molecule has 0 aliphatic carbocycles. The monoisotopic (exact) mass is 658 g/mol. The predicted octanol–water partition coefficient (Wildman–Crippen LogP) is -3.34. The van der Waals surface area contributed by atoms with E-state index in [9.17, 15) is 44.0 Å². The molecule has 0 radical (unpaired) electrons. The zero-order valence-corrected chi connectivity index (χ0v) is 26.0. The van der Waals surface area contributed by atoms with Crippen molar-refractivity contribution in [3.8, 4) is 0 Å². The highest BCUT2D eigenvalue weighted by Crippen LogP contribution is 2.11. The van der Waals surface area contributed by atoms with Crippen LogP contribution in [0.3, 0.4) is 0 Å². The summed E-state index contributed by atoms with van der Waals surface area (Å²) in [6, 6.07) is -4.16. The van der Waals surface area contributed by atoms with Gasteiger partial charge in [-0.2, -0.15) is 0 Å². The second-order valence-electron chi connectivity index (χ2n) is 10.7. The Hall–Kier alpha value is -4.56. The van der Waals surface area contributed by atoms with Gasteiger partial charge in [-0.3, -0.25) is 54.2 Å². The standard InChI is InChI=1S/C26H46N10O10/c1-16(38)30-18(9-5-13-35(45)17(2)39)22(40)33-21(7-3-11-29-26(27)28)25(43)36(46)14-6-10-20-24(42)31-19(23(41)32-20)8-4-12-34(44)15-37/h15,18-21,44-46H,3-14H2,1-2H3,(H,30,38)(H,31,42)(H,32,41)(H,33,40)(H4,27,28,29). The van der Waals surface area contributed by atoms with E-state index in [-0.39, 0.29) is 89.9 Å². The number of amides is 7. The van der Waals surface area contributed by atoms with Gasteiger partial charge in [0.2, 0.25) is 35.9 Å². The molecule has 1 heterocycles. The second kappa shape index (κ2) is 20.5. The first kappa shape index (κ1) is 39.5. The van der Waals surface area contributed by atoms with E-state index in [0.29, 0.717) is 15.2 Å². The van der Waals surface area contributed by atoms with E-state index in [2.05, 4.69) is 26.3 Å². The number of rotatable bonds is 21. The van der Waals surface area contributed by atoms with Crippen LogP contribution in [-0.2, 0) is 33.6 Å². The van der Waals surface area contributed by atoms with Crippen LogP contribution < -0.4 is 32.7 Å². The maximum atomic E-state index is 13.2. The molecule has 20 nitrogen and oxygen atoms in total. The Morgan fingerprint density at radius 1 is 0.848 bits per heavy atom. The highest BCUT2D eigenvalue weighted by atomic mass is 16.5. The van der Waals surface area contributed by atoms with Gasteiger partial charge in [0, 0.05) is 40.0 Å². The van der Waals surface area contributed by atoms with Crippen molar-refractivity contribution in [3.05, 3.63) is 0 Å². The number of hydroxylamine groups is 6. The highest BCUT2D eigenvalue weighted by molar-refractivity contribution is 5.97. The first-order chi connectivity index (χ1) is 21.7. The number of hydrogen-bond acceptors (Lipinski definition) is 11. The Labute approximate surface area is 265 Å². The van der Waals surface area contributed by atoms with Gasteiger partial charge in [0.25, 0.3) is 5.91 Å². The van der Waals surface area contributed by atoms with Crippen LogP contribution in [0.25, 0.3) is 0 Å². The third-order valence-electron chi connectivity index (χ3n) is 6.86. The molecule has 1 aliphatic rings. The fraction of sp³-hybridized carbons (Fsp3) is 0.692. The molecule has 11 N–H and O–H groups in total. The maximum Gasteiger partial charge on any atom is 0.268 e. The molecule has 1 aliphatic heterocycles. The molecule has 4 unspecified atom stereocenters. The normalized spacial score (nSPS) is 17.0. The van der Waals surface area contributed by atoms with Crippen LogP contribution in [0.1, 0.15) is 65.2 Å². The van der Waals surface area contributed by atoms with E-state index >= 15 is 0 Å². The number of guanidine groups is 1. The maximum absolute atomic E-state index is 13.2. The molecule has 20 heteroatoms. The zero-order valence-electron chi connectivity index (χ0n) is 26.0. The van der Waals surface area contributed by atoms with Crippen molar-refractivity contribution in [2.45, 2.75) is 89.4 Å². The largest absolute Gasteiger partial charge is 0.370 e. The van der Waals surface area contributed by atoms with E-state index < -0.39 is 59.6 Å². The molecular weight excluding hydrogens is 612 g/mol. The van der Waals surface area contributed by atoms with Crippen LogP contribution >= 0.6 is 0 Å². The van der Waals surface area contributed by atoms with Gasteiger partial charge in [-0.25, -0.2) is 15.2 Å². The van der Waals surface area contributed by atoms with Crippen LogP contribution in [0.15, 0.2) is 4.99 Å². The molecule has 1 rings (SSSR count). The van der Waals surface area contributed by atoms with E-state index in [0.717, 1.165) is 6.92 Å². The predicted molar refractivity (Wildman–Crippen MR) is 158 cm³/mol. The lowest BCUT2D eigenvalue weighted by atomic mass is 10.0. The molecule has 0 aromatic rings. The van der Waals surface area contributed by atoms with Crippen molar-refractivity contribution in [2.75, 3.05) is 26.2 Å². The van der Waals surface area contributed by atoms with E-state index in [1.807, 2.05) is 0 Å². The minimum atomic E-state index is -1.26. The molecule has 0 aromatic carbocycles. The molecule has 0 spiro atoms. The molecule has 1 saturated heterocycles. The van der Waals surface area contributed by atoms with Gasteiger partial charge < -0.3 is 32.7 Å². The molecule has 46 heavy (non-hydrogen) atoms. The minimum Gasteiger partial charge on any atom is -0.370 e. The van der Waals surface area contributed by atoms with Gasteiger partial charge in [-0.1, -0.05) is 0 Å². The van der Waals surface area contributed by atoms with Gasteiger partial charge >= 0.3 is 0 Å². The van der Waals surface area contributed by atoms with Crippen LogP contribution in [-0.4, -0.2) is 129 Å². The summed E-state index contributed by atoms with van der Waals surface area (Å²) in [5.41, 5.74) is 10.7. The Bertz CT molecular complexity index is 1100. The van der Waals surface area contributed by atoms with Gasteiger partial charge in [-0.15, -0.1) is 0 Å². The van der Waals surface area contributed by atoms with E-state index in [1.165, 1.54) is 6.92 Å². The molecule has 260 valence electrons. The fourth-order valence-electron chi connectivity index (χ4n) is 4.48. The number of aliphatic imine (C=N–C) groups is 1. The number of carbonyl (C=O) groups excluding carboxylic acids is 7. The number of hydrogen-bond donors (Lipinski definition) is 9. The van der Waals surface area contributed by atoms with Crippen LogP contribution in [0.5, 0.6) is 0 Å². The Morgan fingerprint density at radius 2 is 1.39 bits per heavy atom. The summed E-state index contributed by atoms with van der Waals surface area (Å²) in [6.45, 7) is 2.09. The van der Waals surface area contributed by atoms with Crippen molar-refractivity contribution in [1.29, 1.82) is 0 Å². The summed E-state index contributed by atoms with van der Waals surface area (Å²) in [5.74, 6) is -3.88. The average molecular weight is 659 g/mol. The average Bonchev–Trinajstić information content (AvgIpc) is 2.99. The Balaban J connectivity index is 2.79. The lowest BCUT2D eigenvalue weighted by Crippen LogP contribution is -2.61. The highest BCUT2D eigenvalue weighted by Gasteiger charge is 2.34. The molecule has 0 saturated carbocycles. The Morgan fingerprint density at radius 3 is 1.91 bits per heavy atom. The minimum absolute atomic E-state index is 0.00330.